The Morgan fingerprint density at radius 1 is 1.53 bits per heavy atom. The van der Waals surface area contributed by atoms with Crippen molar-refractivity contribution in [3.8, 4) is 0 Å². The fourth-order valence-corrected chi connectivity index (χ4v) is 2.80. The molecule has 94 valence electrons. The first kappa shape index (κ1) is 12.8. The molecule has 0 saturated carbocycles. The van der Waals surface area contributed by atoms with Gasteiger partial charge < -0.3 is 5.32 Å². The lowest BCUT2D eigenvalue weighted by Crippen LogP contribution is -2.32. The minimum atomic E-state index is 0.221. The van der Waals surface area contributed by atoms with Gasteiger partial charge in [-0.05, 0) is 48.8 Å². The molecule has 2 rings (SSSR count). The van der Waals surface area contributed by atoms with Crippen LogP contribution in [-0.4, -0.2) is 28.7 Å². The SMILES string of the molecule is Cc1nn(C)c(CC(=O)C2CCNCC2)c1Br. The number of Topliss-reactive ketones (excluding diaryl/α,β-unsaturated/α-hetero) is 1. The Kier molecular flexibility index (Phi) is 3.99. The molecule has 1 aromatic rings. The number of nitrogens with zero attached hydrogens (tertiary/aromatic N) is 2. The summed E-state index contributed by atoms with van der Waals surface area (Å²) in [4.78, 5) is 12.2. The number of aryl methyl sites for hydroxylation is 2. The van der Waals surface area contributed by atoms with Crippen LogP contribution in [0.2, 0.25) is 0 Å². The Bertz CT molecular complexity index is 422. The van der Waals surface area contributed by atoms with E-state index in [1.54, 1.807) is 4.68 Å². The molecular weight excluding hydrogens is 282 g/mol. The van der Waals surface area contributed by atoms with E-state index in [1.807, 2.05) is 14.0 Å². The summed E-state index contributed by atoms with van der Waals surface area (Å²) >= 11 is 3.51. The van der Waals surface area contributed by atoms with Gasteiger partial charge in [0.2, 0.25) is 0 Å². The van der Waals surface area contributed by atoms with Gasteiger partial charge in [-0.25, -0.2) is 0 Å². The second-order valence-electron chi connectivity index (χ2n) is 4.64. The number of nitrogens with one attached hydrogen (secondary N) is 1. The minimum absolute atomic E-state index is 0.221. The van der Waals surface area contributed by atoms with Crippen LogP contribution in [0.15, 0.2) is 4.47 Å². The first-order valence-corrected chi connectivity index (χ1v) is 6.80. The molecule has 2 heterocycles. The highest BCUT2D eigenvalue weighted by Crippen LogP contribution is 2.23. The highest BCUT2D eigenvalue weighted by Gasteiger charge is 2.23. The number of hydrogen-bond acceptors (Lipinski definition) is 3. The molecule has 0 radical (unpaired) electrons. The van der Waals surface area contributed by atoms with Gasteiger partial charge in [-0.2, -0.15) is 5.10 Å². The van der Waals surface area contributed by atoms with Crippen LogP contribution in [0.3, 0.4) is 0 Å². The summed E-state index contributed by atoms with van der Waals surface area (Å²) < 4.78 is 2.78. The van der Waals surface area contributed by atoms with Crippen LogP contribution in [0.25, 0.3) is 0 Å². The number of ketones is 1. The van der Waals surface area contributed by atoms with Crippen molar-refractivity contribution >= 4 is 21.7 Å². The van der Waals surface area contributed by atoms with Crippen molar-refractivity contribution in [2.75, 3.05) is 13.1 Å². The molecule has 1 fully saturated rings. The lowest BCUT2D eigenvalue weighted by molar-refractivity contribution is -0.123. The van der Waals surface area contributed by atoms with Crippen molar-refractivity contribution < 1.29 is 4.79 Å². The van der Waals surface area contributed by atoms with Gasteiger partial charge in [0.05, 0.1) is 15.9 Å². The maximum atomic E-state index is 12.2. The molecule has 1 aliphatic rings. The zero-order valence-corrected chi connectivity index (χ0v) is 11.9. The monoisotopic (exact) mass is 299 g/mol. The topological polar surface area (TPSA) is 46.9 Å². The normalized spacial score (nSPS) is 17.4. The van der Waals surface area contributed by atoms with Crippen molar-refractivity contribution in [3.05, 3.63) is 15.9 Å². The van der Waals surface area contributed by atoms with Crippen LogP contribution >= 0.6 is 15.9 Å². The Morgan fingerprint density at radius 3 is 2.71 bits per heavy atom. The molecule has 0 spiro atoms. The zero-order valence-electron chi connectivity index (χ0n) is 10.3. The average molecular weight is 300 g/mol. The maximum Gasteiger partial charge on any atom is 0.142 e. The third-order valence-electron chi connectivity index (χ3n) is 3.40. The summed E-state index contributed by atoms with van der Waals surface area (Å²) in [6, 6.07) is 0. The first-order valence-electron chi connectivity index (χ1n) is 6.01. The standard InChI is InChI=1S/C12H18BrN3O/c1-8-12(13)10(16(2)15-8)7-11(17)9-3-5-14-6-4-9/h9,14H,3-7H2,1-2H3. The summed E-state index contributed by atoms with van der Waals surface area (Å²) in [5.41, 5.74) is 1.94. The van der Waals surface area contributed by atoms with E-state index in [2.05, 4.69) is 26.3 Å². The van der Waals surface area contributed by atoms with Gasteiger partial charge in [-0.1, -0.05) is 0 Å². The first-order chi connectivity index (χ1) is 8.09. The molecule has 0 atom stereocenters. The zero-order chi connectivity index (χ0) is 12.4. The summed E-state index contributed by atoms with van der Waals surface area (Å²) in [5.74, 6) is 0.563. The highest BCUT2D eigenvalue weighted by molar-refractivity contribution is 9.10. The number of carbonyl (C=O) groups is 1. The number of carbonyl (C=O) groups excluding carboxylic acids is 1. The molecule has 1 aliphatic heterocycles. The van der Waals surface area contributed by atoms with E-state index in [9.17, 15) is 4.79 Å². The smallest absolute Gasteiger partial charge is 0.142 e. The molecule has 0 unspecified atom stereocenters. The Morgan fingerprint density at radius 2 is 2.18 bits per heavy atom. The number of piperidine rings is 1. The van der Waals surface area contributed by atoms with Crippen molar-refractivity contribution in [2.45, 2.75) is 26.2 Å². The Labute approximate surface area is 110 Å². The maximum absolute atomic E-state index is 12.2. The van der Waals surface area contributed by atoms with E-state index in [4.69, 9.17) is 0 Å². The average Bonchev–Trinajstić information content (AvgIpc) is 2.57. The van der Waals surface area contributed by atoms with Crippen molar-refractivity contribution in [1.29, 1.82) is 0 Å². The third kappa shape index (κ3) is 2.77. The lowest BCUT2D eigenvalue weighted by atomic mass is 9.91. The second-order valence-corrected chi connectivity index (χ2v) is 5.43. The third-order valence-corrected chi connectivity index (χ3v) is 4.43. The van der Waals surface area contributed by atoms with Crippen LogP contribution in [0.5, 0.6) is 0 Å². The van der Waals surface area contributed by atoms with Gasteiger partial charge in [0.25, 0.3) is 0 Å². The molecule has 1 aromatic heterocycles. The van der Waals surface area contributed by atoms with Gasteiger partial charge in [-0.3, -0.25) is 9.48 Å². The summed E-state index contributed by atoms with van der Waals surface area (Å²) in [6.07, 6.45) is 2.42. The lowest BCUT2D eigenvalue weighted by Gasteiger charge is -2.21. The fourth-order valence-electron chi connectivity index (χ4n) is 2.33. The molecule has 0 aliphatic carbocycles. The number of halogens is 1. The van der Waals surface area contributed by atoms with Crippen LogP contribution in [-0.2, 0) is 18.3 Å². The van der Waals surface area contributed by atoms with Crippen LogP contribution in [0.1, 0.15) is 24.2 Å². The molecule has 0 aromatic carbocycles. The molecule has 4 nitrogen and oxygen atoms in total. The molecule has 0 amide bonds. The summed E-state index contributed by atoms with van der Waals surface area (Å²) in [6.45, 7) is 3.87. The van der Waals surface area contributed by atoms with Crippen molar-refractivity contribution in [1.82, 2.24) is 15.1 Å². The van der Waals surface area contributed by atoms with Gasteiger partial charge in [0.15, 0.2) is 0 Å². The van der Waals surface area contributed by atoms with E-state index in [1.165, 1.54) is 0 Å². The summed E-state index contributed by atoms with van der Waals surface area (Å²) in [5, 5.41) is 7.60. The molecule has 1 N–H and O–H groups in total. The van der Waals surface area contributed by atoms with Crippen molar-refractivity contribution in [2.24, 2.45) is 13.0 Å². The molecule has 0 bridgehead atoms. The van der Waals surface area contributed by atoms with Gasteiger partial charge in [0, 0.05) is 19.4 Å². The van der Waals surface area contributed by atoms with E-state index in [0.29, 0.717) is 12.2 Å². The number of hydrogen-bond donors (Lipinski definition) is 1. The van der Waals surface area contributed by atoms with Gasteiger partial charge >= 0.3 is 0 Å². The Hall–Kier alpha value is -0.680. The second kappa shape index (κ2) is 5.31. The predicted molar refractivity (Wildman–Crippen MR) is 69.9 cm³/mol. The molecule has 17 heavy (non-hydrogen) atoms. The number of aromatic nitrogens is 2. The highest BCUT2D eigenvalue weighted by atomic mass is 79.9. The number of rotatable bonds is 3. The van der Waals surface area contributed by atoms with Crippen molar-refractivity contribution in [3.63, 3.8) is 0 Å². The molecule has 5 heteroatoms. The Balaban J connectivity index is 2.07. The quantitative estimate of drug-likeness (QED) is 0.922. The van der Waals surface area contributed by atoms with E-state index in [0.717, 1.165) is 41.8 Å². The predicted octanol–water partition coefficient (Wildman–Crippen LogP) is 1.60. The van der Waals surface area contributed by atoms with Gasteiger partial charge in [-0.15, -0.1) is 0 Å². The van der Waals surface area contributed by atoms with E-state index >= 15 is 0 Å². The molecular formula is C12H18BrN3O. The van der Waals surface area contributed by atoms with Crippen LogP contribution < -0.4 is 5.32 Å². The minimum Gasteiger partial charge on any atom is -0.317 e. The van der Waals surface area contributed by atoms with Crippen LogP contribution in [0.4, 0.5) is 0 Å². The van der Waals surface area contributed by atoms with Gasteiger partial charge in [0.1, 0.15) is 5.78 Å². The molecule has 1 saturated heterocycles. The largest absolute Gasteiger partial charge is 0.317 e. The van der Waals surface area contributed by atoms with Crippen LogP contribution in [0, 0.1) is 12.8 Å². The summed E-state index contributed by atoms with van der Waals surface area (Å²) in [7, 11) is 1.89. The fraction of sp³-hybridized carbons (Fsp3) is 0.667. The van der Waals surface area contributed by atoms with E-state index < -0.39 is 0 Å². The van der Waals surface area contributed by atoms with E-state index in [-0.39, 0.29) is 5.92 Å².